The first-order chi connectivity index (χ1) is 9.47. The van der Waals surface area contributed by atoms with Gasteiger partial charge in [-0.3, -0.25) is 10.2 Å². The number of hydrogen-bond donors (Lipinski definition) is 2. The van der Waals surface area contributed by atoms with Crippen LogP contribution in [0.3, 0.4) is 0 Å². The van der Waals surface area contributed by atoms with Gasteiger partial charge in [0.05, 0.1) is 11.1 Å². The fraction of sp³-hybridized carbons (Fsp3) is 0.182. The number of aromatic nitrogens is 2. The average Bonchev–Trinajstić information content (AvgIpc) is 3.00. The Morgan fingerprint density at radius 1 is 1.55 bits per heavy atom. The molecule has 2 amide bonds. The zero-order valence-electron chi connectivity index (χ0n) is 10.6. The molecule has 2 aromatic heterocycles. The van der Waals surface area contributed by atoms with E-state index in [0.29, 0.717) is 4.88 Å². The third-order valence-electron chi connectivity index (χ3n) is 2.30. The van der Waals surface area contributed by atoms with Crippen molar-refractivity contribution in [2.24, 2.45) is 0 Å². The van der Waals surface area contributed by atoms with E-state index in [-0.39, 0.29) is 11.8 Å². The minimum absolute atomic E-state index is 0.200. The van der Waals surface area contributed by atoms with Crippen LogP contribution in [0.25, 0.3) is 0 Å². The number of aromatic amines is 1. The van der Waals surface area contributed by atoms with E-state index in [9.17, 15) is 9.59 Å². The molecule has 0 spiro atoms. The van der Waals surface area contributed by atoms with Crippen LogP contribution < -0.4 is 10.2 Å². The number of hydrazine groups is 1. The summed E-state index contributed by atoms with van der Waals surface area (Å²) in [5.41, 5.74) is 2.42. The van der Waals surface area contributed by atoms with Gasteiger partial charge in [0.15, 0.2) is 0 Å². The van der Waals surface area contributed by atoms with Crippen molar-refractivity contribution in [1.29, 1.82) is 0 Å². The summed E-state index contributed by atoms with van der Waals surface area (Å²) in [7, 11) is 1.39. The van der Waals surface area contributed by atoms with Gasteiger partial charge >= 0.3 is 6.09 Å². The van der Waals surface area contributed by atoms with E-state index in [1.165, 1.54) is 30.6 Å². The van der Waals surface area contributed by atoms with Gasteiger partial charge in [-0.05, 0) is 28.9 Å². The SMILES string of the molecule is Cc1sc(C(=O)NN(C)C(=O)Oc2ccn[nH]2)cc1Br. The normalized spacial score (nSPS) is 10.2. The van der Waals surface area contributed by atoms with Crippen LogP contribution >= 0.6 is 27.3 Å². The first kappa shape index (κ1) is 14.5. The number of nitrogens with one attached hydrogen (secondary N) is 2. The number of nitrogens with zero attached hydrogens (tertiary/aromatic N) is 2. The molecule has 0 aromatic carbocycles. The maximum atomic E-state index is 11.9. The molecule has 0 aliphatic carbocycles. The lowest BCUT2D eigenvalue weighted by Crippen LogP contribution is -2.44. The molecule has 0 aliphatic rings. The minimum atomic E-state index is -0.727. The lowest BCUT2D eigenvalue weighted by atomic mass is 10.4. The third kappa shape index (κ3) is 3.36. The topological polar surface area (TPSA) is 87.3 Å². The van der Waals surface area contributed by atoms with Gasteiger partial charge in [0.1, 0.15) is 0 Å². The lowest BCUT2D eigenvalue weighted by molar-refractivity contribution is 0.0815. The Bertz CT molecular complexity index is 606. The number of halogens is 1. The van der Waals surface area contributed by atoms with Crippen LogP contribution in [0, 0.1) is 6.92 Å². The number of rotatable bonds is 2. The molecule has 106 valence electrons. The molecule has 0 unspecified atom stereocenters. The zero-order chi connectivity index (χ0) is 14.7. The summed E-state index contributed by atoms with van der Waals surface area (Å²) >= 11 is 4.66. The fourth-order valence-electron chi connectivity index (χ4n) is 1.29. The van der Waals surface area contributed by atoms with Gasteiger partial charge in [0.25, 0.3) is 5.91 Å². The smallest absolute Gasteiger partial charge is 0.390 e. The van der Waals surface area contributed by atoms with Crippen LogP contribution in [-0.2, 0) is 0 Å². The summed E-state index contributed by atoms with van der Waals surface area (Å²) in [4.78, 5) is 25.1. The number of aryl methyl sites for hydroxylation is 1. The molecule has 0 fully saturated rings. The fourth-order valence-corrected chi connectivity index (χ4v) is 2.71. The second-order valence-corrected chi connectivity index (χ2v) is 5.91. The molecule has 9 heteroatoms. The van der Waals surface area contributed by atoms with Gasteiger partial charge in [-0.1, -0.05) is 0 Å². The van der Waals surface area contributed by atoms with Crippen molar-refractivity contribution in [3.8, 4) is 5.88 Å². The Balaban J connectivity index is 1.95. The molecule has 0 saturated heterocycles. The lowest BCUT2D eigenvalue weighted by Gasteiger charge is -2.16. The van der Waals surface area contributed by atoms with Crippen LogP contribution in [0.4, 0.5) is 4.79 Å². The first-order valence-corrected chi connectivity index (χ1v) is 7.10. The summed E-state index contributed by atoms with van der Waals surface area (Å²) < 4.78 is 5.79. The van der Waals surface area contributed by atoms with Crippen molar-refractivity contribution in [1.82, 2.24) is 20.6 Å². The van der Waals surface area contributed by atoms with Gasteiger partial charge in [-0.15, -0.1) is 11.3 Å². The highest BCUT2D eigenvalue weighted by Crippen LogP contribution is 2.26. The van der Waals surface area contributed by atoms with Crippen molar-refractivity contribution in [3.05, 3.63) is 32.6 Å². The van der Waals surface area contributed by atoms with Crippen molar-refractivity contribution in [2.45, 2.75) is 6.92 Å². The molecule has 0 bridgehead atoms. The maximum absolute atomic E-state index is 11.9. The van der Waals surface area contributed by atoms with E-state index in [1.54, 1.807) is 6.07 Å². The largest absolute Gasteiger partial charge is 0.435 e. The van der Waals surface area contributed by atoms with Crippen molar-refractivity contribution < 1.29 is 14.3 Å². The van der Waals surface area contributed by atoms with E-state index < -0.39 is 6.09 Å². The van der Waals surface area contributed by atoms with Gasteiger partial charge in [-0.25, -0.2) is 14.9 Å². The summed E-state index contributed by atoms with van der Waals surface area (Å²) in [5, 5.41) is 7.09. The maximum Gasteiger partial charge on any atom is 0.435 e. The second kappa shape index (κ2) is 6.06. The molecule has 0 saturated carbocycles. The van der Waals surface area contributed by atoms with Crippen LogP contribution in [0.1, 0.15) is 14.5 Å². The first-order valence-electron chi connectivity index (χ1n) is 5.49. The molecule has 2 N–H and O–H groups in total. The Hall–Kier alpha value is -1.87. The number of amides is 2. The van der Waals surface area contributed by atoms with Gasteiger partial charge in [0.2, 0.25) is 5.88 Å². The quantitative estimate of drug-likeness (QED) is 0.806. The van der Waals surface area contributed by atoms with Gasteiger partial charge < -0.3 is 4.74 Å². The van der Waals surface area contributed by atoms with Crippen molar-refractivity contribution in [3.63, 3.8) is 0 Å². The molecule has 7 nitrogen and oxygen atoms in total. The number of carbonyl (C=O) groups is 2. The summed E-state index contributed by atoms with van der Waals surface area (Å²) in [6.07, 6.45) is 0.725. The predicted molar refractivity (Wildman–Crippen MR) is 76.6 cm³/mol. The molecule has 20 heavy (non-hydrogen) atoms. The highest BCUT2D eigenvalue weighted by Gasteiger charge is 2.17. The standard InChI is InChI=1S/C11H11BrN4O3S/c1-6-7(12)5-8(20-6)10(17)15-16(2)11(18)19-9-3-4-13-14-9/h3-5H,1-2H3,(H,13,14)(H,15,17). The van der Waals surface area contributed by atoms with Crippen LogP contribution in [-0.4, -0.2) is 34.3 Å². The Labute approximate surface area is 127 Å². The van der Waals surface area contributed by atoms with Gasteiger partial charge in [-0.2, -0.15) is 5.10 Å². The summed E-state index contributed by atoms with van der Waals surface area (Å²) in [5.74, 6) is -0.182. The monoisotopic (exact) mass is 358 g/mol. The summed E-state index contributed by atoms with van der Waals surface area (Å²) in [6, 6.07) is 3.19. The van der Waals surface area contributed by atoms with Gasteiger partial charge in [0, 0.05) is 22.5 Å². The number of H-pyrrole nitrogens is 1. The van der Waals surface area contributed by atoms with Crippen molar-refractivity contribution >= 4 is 39.3 Å². The number of carbonyl (C=O) groups excluding carboxylic acids is 2. The predicted octanol–water partition coefficient (Wildman–Crippen LogP) is 2.32. The van der Waals surface area contributed by atoms with E-state index in [1.807, 2.05) is 6.92 Å². The number of thiophene rings is 1. The molecule has 0 aliphatic heterocycles. The van der Waals surface area contributed by atoms with Crippen LogP contribution in [0.5, 0.6) is 5.88 Å². The molecule has 0 atom stereocenters. The Kier molecular flexibility index (Phi) is 4.40. The molecular weight excluding hydrogens is 348 g/mol. The molecule has 2 heterocycles. The summed E-state index contributed by atoms with van der Waals surface area (Å²) in [6.45, 7) is 1.89. The van der Waals surface area contributed by atoms with E-state index >= 15 is 0 Å². The Morgan fingerprint density at radius 3 is 2.85 bits per heavy atom. The number of hydrogen-bond acceptors (Lipinski definition) is 5. The molecule has 2 aromatic rings. The second-order valence-electron chi connectivity index (χ2n) is 3.80. The van der Waals surface area contributed by atoms with E-state index in [2.05, 4.69) is 31.6 Å². The average molecular weight is 359 g/mol. The minimum Gasteiger partial charge on any atom is -0.390 e. The van der Waals surface area contributed by atoms with E-state index in [0.717, 1.165) is 14.4 Å². The highest BCUT2D eigenvalue weighted by molar-refractivity contribution is 9.10. The van der Waals surface area contributed by atoms with Crippen molar-refractivity contribution in [2.75, 3.05) is 7.05 Å². The zero-order valence-corrected chi connectivity index (χ0v) is 13.0. The van der Waals surface area contributed by atoms with Crippen LogP contribution in [0.2, 0.25) is 0 Å². The Morgan fingerprint density at radius 2 is 2.30 bits per heavy atom. The highest BCUT2D eigenvalue weighted by atomic mass is 79.9. The molecule has 2 rings (SSSR count). The molecule has 0 radical (unpaired) electrons. The number of ether oxygens (including phenoxy) is 1. The third-order valence-corrected chi connectivity index (χ3v) is 4.43. The molecular formula is C11H11BrN4O3S. The van der Waals surface area contributed by atoms with Crippen LogP contribution in [0.15, 0.2) is 22.8 Å². The van der Waals surface area contributed by atoms with E-state index in [4.69, 9.17) is 4.74 Å².